The van der Waals surface area contributed by atoms with Gasteiger partial charge in [-0.1, -0.05) is 20.3 Å². The average Bonchev–Trinajstić information content (AvgIpc) is 2.25. The maximum atomic E-state index is 5.91. The Labute approximate surface area is 102 Å². The molecule has 0 spiro atoms. The highest BCUT2D eigenvalue weighted by Gasteiger charge is 2.30. The van der Waals surface area contributed by atoms with Crippen molar-refractivity contribution in [2.75, 3.05) is 6.54 Å². The SMILES string of the molecule is CC(C)CCC(C)N1C(C)CCCC1CN. The fourth-order valence-corrected chi connectivity index (χ4v) is 3.06. The highest BCUT2D eigenvalue weighted by molar-refractivity contribution is 4.86. The minimum Gasteiger partial charge on any atom is -0.329 e. The molecule has 1 heterocycles. The van der Waals surface area contributed by atoms with Gasteiger partial charge in [0.15, 0.2) is 0 Å². The number of nitrogens with zero attached hydrogens (tertiary/aromatic N) is 1. The summed E-state index contributed by atoms with van der Waals surface area (Å²) in [4.78, 5) is 2.69. The van der Waals surface area contributed by atoms with Crippen LogP contribution in [0.4, 0.5) is 0 Å². The van der Waals surface area contributed by atoms with Crippen molar-refractivity contribution in [3.63, 3.8) is 0 Å². The third-order valence-corrected chi connectivity index (χ3v) is 4.03. The lowest BCUT2D eigenvalue weighted by Crippen LogP contribution is -2.52. The molecule has 3 atom stereocenters. The van der Waals surface area contributed by atoms with Crippen molar-refractivity contribution in [2.24, 2.45) is 11.7 Å². The quantitative estimate of drug-likeness (QED) is 0.781. The zero-order valence-corrected chi connectivity index (χ0v) is 11.6. The molecule has 0 bridgehead atoms. The van der Waals surface area contributed by atoms with Gasteiger partial charge in [-0.05, 0) is 45.4 Å². The fourth-order valence-electron chi connectivity index (χ4n) is 3.06. The summed E-state index contributed by atoms with van der Waals surface area (Å²) in [7, 11) is 0. The average molecular weight is 226 g/mol. The molecule has 0 saturated carbocycles. The van der Waals surface area contributed by atoms with Crippen LogP contribution in [-0.2, 0) is 0 Å². The lowest BCUT2D eigenvalue weighted by Gasteiger charge is -2.44. The van der Waals surface area contributed by atoms with Crippen molar-refractivity contribution >= 4 is 0 Å². The summed E-state index contributed by atoms with van der Waals surface area (Å²) in [6, 6.07) is 2.06. The Kier molecular flexibility index (Phi) is 5.77. The van der Waals surface area contributed by atoms with Crippen LogP contribution in [0.2, 0.25) is 0 Å². The van der Waals surface area contributed by atoms with Crippen LogP contribution in [0.1, 0.15) is 59.8 Å². The van der Waals surface area contributed by atoms with Crippen molar-refractivity contribution in [1.82, 2.24) is 4.90 Å². The Hall–Kier alpha value is -0.0800. The van der Waals surface area contributed by atoms with Crippen molar-refractivity contribution in [3.05, 3.63) is 0 Å². The molecule has 16 heavy (non-hydrogen) atoms. The van der Waals surface area contributed by atoms with Gasteiger partial charge in [0.2, 0.25) is 0 Å². The van der Waals surface area contributed by atoms with Crippen LogP contribution in [0.5, 0.6) is 0 Å². The number of piperidine rings is 1. The maximum Gasteiger partial charge on any atom is 0.0224 e. The van der Waals surface area contributed by atoms with Crippen LogP contribution < -0.4 is 5.73 Å². The smallest absolute Gasteiger partial charge is 0.0224 e. The second kappa shape index (κ2) is 6.61. The van der Waals surface area contributed by atoms with Crippen molar-refractivity contribution in [3.8, 4) is 0 Å². The molecular formula is C14H30N2. The van der Waals surface area contributed by atoms with E-state index in [-0.39, 0.29) is 0 Å². The van der Waals surface area contributed by atoms with Crippen molar-refractivity contribution in [2.45, 2.75) is 77.9 Å². The summed E-state index contributed by atoms with van der Waals surface area (Å²) in [5.74, 6) is 0.818. The molecule has 2 nitrogen and oxygen atoms in total. The number of hydrogen-bond acceptors (Lipinski definition) is 2. The second-order valence-electron chi connectivity index (χ2n) is 5.94. The van der Waals surface area contributed by atoms with Crippen LogP contribution >= 0.6 is 0 Å². The Bertz CT molecular complexity index is 191. The Morgan fingerprint density at radius 3 is 2.44 bits per heavy atom. The summed E-state index contributed by atoms with van der Waals surface area (Å²) >= 11 is 0. The molecule has 0 aromatic carbocycles. The minimum atomic E-state index is 0.630. The highest BCUT2D eigenvalue weighted by atomic mass is 15.2. The largest absolute Gasteiger partial charge is 0.329 e. The summed E-state index contributed by atoms with van der Waals surface area (Å²) in [5, 5.41) is 0. The molecule has 2 N–H and O–H groups in total. The molecule has 96 valence electrons. The molecule has 0 radical (unpaired) electrons. The Morgan fingerprint density at radius 2 is 1.88 bits per heavy atom. The summed E-state index contributed by atoms with van der Waals surface area (Å²) in [5.41, 5.74) is 5.91. The Morgan fingerprint density at radius 1 is 1.19 bits per heavy atom. The molecule has 0 aromatic rings. The molecule has 1 saturated heterocycles. The van der Waals surface area contributed by atoms with E-state index < -0.39 is 0 Å². The van der Waals surface area contributed by atoms with Gasteiger partial charge in [-0.25, -0.2) is 0 Å². The van der Waals surface area contributed by atoms with E-state index >= 15 is 0 Å². The van der Waals surface area contributed by atoms with Gasteiger partial charge in [-0.2, -0.15) is 0 Å². The molecule has 0 aliphatic carbocycles. The van der Waals surface area contributed by atoms with Gasteiger partial charge < -0.3 is 5.73 Å². The van der Waals surface area contributed by atoms with Crippen LogP contribution in [0.3, 0.4) is 0 Å². The van der Waals surface area contributed by atoms with Crippen molar-refractivity contribution in [1.29, 1.82) is 0 Å². The van der Waals surface area contributed by atoms with Gasteiger partial charge in [0.05, 0.1) is 0 Å². The molecular weight excluding hydrogens is 196 g/mol. The predicted molar refractivity (Wildman–Crippen MR) is 71.5 cm³/mol. The molecule has 0 aromatic heterocycles. The van der Waals surface area contributed by atoms with Crippen LogP contribution in [0, 0.1) is 5.92 Å². The normalized spacial score (nSPS) is 29.6. The fraction of sp³-hybridized carbons (Fsp3) is 1.00. The zero-order valence-electron chi connectivity index (χ0n) is 11.6. The van der Waals surface area contributed by atoms with E-state index in [0.717, 1.165) is 18.5 Å². The van der Waals surface area contributed by atoms with Gasteiger partial charge in [0, 0.05) is 24.7 Å². The zero-order chi connectivity index (χ0) is 12.1. The number of nitrogens with two attached hydrogens (primary N) is 1. The number of likely N-dealkylation sites (tertiary alicyclic amines) is 1. The van der Waals surface area contributed by atoms with Gasteiger partial charge >= 0.3 is 0 Å². The minimum absolute atomic E-state index is 0.630. The topological polar surface area (TPSA) is 29.3 Å². The summed E-state index contributed by atoms with van der Waals surface area (Å²) < 4.78 is 0. The first kappa shape index (κ1) is 14.0. The molecule has 1 rings (SSSR count). The molecule has 1 aliphatic heterocycles. The molecule has 1 fully saturated rings. The summed E-state index contributed by atoms with van der Waals surface area (Å²) in [6.07, 6.45) is 6.66. The lowest BCUT2D eigenvalue weighted by atomic mass is 9.92. The third kappa shape index (κ3) is 3.74. The molecule has 0 amide bonds. The Balaban J connectivity index is 2.51. The maximum absolute atomic E-state index is 5.91. The van der Waals surface area contributed by atoms with Crippen molar-refractivity contribution < 1.29 is 0 Å². The number of rotatable bonds is 5. The second-order valence-corrected chi connectivity index (χ2v) is 5.94. The van der Waals surface area contributed by atoms with Crippen LogP contribution in [0.25, 0.3) is 0 Å². The van der Waals surface area contributed by atoms with E-state index in [9.17, 15) is 0 Å². The van der Waals surface area contributed by atoms with Gasteiger partial charge in [-0.3, -0.25) is 4.90 Å². The summed E-state index contributed by atoms with van der Waals surface area (Å²) in [6.45, 7) is 10.2. The lowest BCUT2D eigenvalue weighted by molar-refractivity contribution is 0.0515. The van der Waals surface area contributed by atoms with Gasteiger partial charge in [-0.15, -0.1) is 0 Å². The van der Waals surface area contributed by atoms with E-state index in [2.05, 4.69) is 32.6 Å². The predicted octanol–water partition coefficient (Wildman–Crippen LogP) is 3.01. The van der Waals surface area contributed by atoms with E-state index in [1.165, 1.54) is 32.1 Å². The van der Waals surface area contributed by atoms with Crippen LogP contribution in [0.15, 0.2) is 0 Å². The first-order valence-electron chi connectivity index (χ1n) is 7.03. The highest BCUT2D eigenvalue weighted by Crippen LogP contribution is 2.26. The monoisotopic (exact) mass is 226 g/mol. The third-order valence-electron chi connectivity index (χ3n) is 4.03. The van der Waals surface area contributed by atoms with E-state index in [1.807, 2.05) is 0 Å². The standard InChI is InChI=1S/C14H30N2/c1-11(2)8-9-13(4)16-12(3)6-5-7-14(16)10-15/h11-14H,5-10,15H2,1-4H3. The van der Waals surface area contributed by atoms with Gasteiger partial charge in [0.1, 0.15) is 0 Å². The molecule has 1 aliphatic rings. The first-order chi connectivity index (χ1) is 7.56. The van der Waals surface area contributed by atoms with Crippen LogP contribution in [-0.4, -0.2) is 29.6 Å². The molecule has 2 heteroatoms. The molecule has 3 unspecified atom stereocenters. The van der Waals surface area contributed by atoms with E-state index in [0.29, 0.717) is 12.1 Å². The van der Waals surface area contributed by atoms with Gasteiger partial charge in [0.25, 0.3) is 0 Å². The number of hydrogen-bond donors (Lipinski definition) is 1. The first-order valence-corrected chi connectivity index (χ1v) is 7.03. The van der Waals surface area contributed by atoms with E-state index in [1.54, 1.807) is 0 Å². The van der Waals surface area contributed by atoms with E-state index in [4.69, 9.17) is 5.73 Å².